The van der Waals surface area contributed by atoms with E-state index in [1.807, 2.05) is 0 Å². The topological polar surface area (TPSA) is 53.1 Å². The predicted molar refractivity (Wildman–Crippen MR) is 116 cm³/mol. The lowest BCUT2D eigenvalue weighted by atomic mass is 9.64. The first-order chi connectivity index (χ1) is 13.8. The molecule has 0 radical (unpaired) electrons. The average molecular weight is 380 g/mol. The normalized spacial score (nSPS) is 17.4. The summed E-state index contributed by atoms with van der Waals surface area (Å²) in [6.45, 7) is 10.9. The minimum absolute atomic E-state index is 0.247. The smallest absolute Gasteiger partial charge is 0.223 e. The summed E-state index contributed by atoms with van der Waals surface area (Å²) in [5.74, 6) is 0.759. The van der Waals surface area contributed by atoms with Crippen molar-refractivity contribution in [2.75, 3.05) is 44.6 Å². The van der Waals surface area contributed by atoms with E-state index in [-0.39, 0.29) is 5.41 Å². The molecule has 1 aliphatic heterocycles. The van der Waals surface area contributed by atoms with E-state index in [1.54, 1.807) is 0 Å². The van der Waals surface area contributed by atoms with Crippen LogP contribution in [0.15, 0.2) is 30.5 Å². The van der Waals surface area contributed by atoms with E-state index in [0.717, 1.165) is 63.8 Å². The van der Waals surface area contributed by atoms with Gasteiger partial charge in [-0.25, -0.2) is 9.97 Å². The van der Waals surface area contributed by atoms with Gasteiger partial charge in [0.15, 0.2) is 0 Å². The van der Waals surface area contributed by atoms with Crippen molar-refractivity contribution < 1.29 is 0 Å². The number of nitrogens with zero attached hydrogens (tertiary/aromatic N) is 3. The fraction of sp³-hybridized carbons (Fsp3) is 0.565. The molecule has 5 nitrogen and oxygen atoms in total. The van der Waals surface area contributed by atoms with Gasteiger partial charge >= 0.3 is 0 Å². The number of rotatable bonds is 7. The second-order valence-electron chi connectivity index (χ2n) is 8.13. The van der Waals surface area contributed by atoms with Crippen molar-refractivity contribution in [1.82, 2.24) is 20.2 Å². The van der Waals surface area contributed by atoms with Gasteiger partial charge in [-0.2, -0.15) is 0 Å². The Morgan fingerprint density at radius 2 is 1.93 bits per heavy atom. The van der Waals surface area contributed by atoms with Crippen LogP contribution in [0, 0.1) is 0 Å². The summed E-state index contributed by atoms with van der Waals surface area (Å²) >= 11 is 0. The number of piperidine rings is 1. The fourth-order valence-corrected chi connectivity index (χ4v) is 4.86. The molecule has 0 saturated carbocycles. The first-order valence-electron chi connectivity index (χ1n) is 10.9. The minimum atomic E-state index is 0.247. The molecule has 150 valence electrons. The zero-order valence-corrected chi connectivity index (χ0v) is 17.3. The maximum atomic E-state index is 4.94. The molecule has 2 N–H and O–H groups in total. The van der Waals surface area contributed by atoms with Gasteiger partial charge in [-0.15, -0.1) is 0 Å². The van der Waals surface area contributed by atoms with Gasteiger partial charge < -0.3 is 15.5 Å². The van der Waals surface area contributed by atoms with Crippen molar-refractivity contribution in [3.05, 3.63) is 41.6 Å². The highest BCUT2D eigenvalue weighted by Gasteiger charge is 2.40. The van der Waals surface area contributed by atoms with Crippen molar-refractivity contribution in [3.8, 4) is 11.3 Å². The van der Waals surface area contributed by atoms with Gasteiger partial charge in [0, 0.05) is 23.7 Å². The maximum absolute atomic E-state index is 4.94. The van der Waals surface area contributed by atoms with Crippen molar-refractivity contribution in [2.45, 2.75) is 44.9 Å². The van der Waals surface area contributed by atoms with Crippen LogP contribution in [0.1, 0.15) is 44.2 Å². The van der Waals surface area contributed by atoms with Crippen molar-refractivity contribution in [2.24, 2.45) is 0 Å². The molecule has 1 spiro atoms. The summed E-state index contributed by atoms with van der Waals surface area (Å²) in [7, 11) is 0. The number of hydrogen-bond acceptors (Lipinski definition) is 5. The lowest BCUT2D eigenvalue weighted by Crippen LogP contribution is -2.43. The molecule has 5 heteroatoms. The molecule has 1 saturated heterocycles. The van der Waals surface area contributed by atoms with Crippen molar-refractivity contribution in [1.29, 1.82) is 0 Å². The van der Waals surface area contributed by atoms with Crippen LogP contribution in [0.3, 0.4) is 0 Å². The monoisotopic (exact) mass is 379 g/mol. The molecular formula is C23H33N5. The first-order valence-corrected chi connectivity index (χ1v) is 10.9. The molecule has 2 aliphatic rings. The summed E-state index contributed by atoms with van der Waals surface area (Å²) in [6, 6.07) is 8.89. The third kappa shape index (κ3) is 3.78. The van der Waals surface area contributed by atoms with Crippen LogP contribution in [0.2, 0.25) is 0 Å². The van der Waals surface area contributed by atoms with Gasteiger partial charge in [0.2, 0.25) is 5.95 Å². The van der Waals surface area contributed by atoms with Gasteiger partial charge in [0.1, 0.15) is 0 Å². The number of fused-ring (bicyclic) bond motifs is 4. The van der Waals surface area contributed by atoms with Crippen LogP contribution in [0.4, 0.5) is 5.95 Å². The van der Waals surface area contributed by atoms with Crippen LogP contribution >= 0.6 is 0 Å². The van der Waals surface area contributed by atoms with Crippen LogP contribution in [-0.4, -0.2) is 54.1 Å². The summed E-state index contributed by atoms with van der Waals surface area (Å²) in [5, 5.41) is 6.96. The van der Waals surface area contributed by atoms with E-state index in [0.29, 0.717) is 0 Å². The Morgan fingerprint density at radius 3 is 2.71 bits per heavy atom. The average Bonchev–Trinajstić information content (AvgIpc) is 2.75. The highest BCUT2D eigenvalue weighted by Crippen LogP contribution is 2.46. The van der Waals surface area contributed by atoms with E-state index < -0.39 is 0 Å². The lowest BCUT2D eigenvalue weighted by molar-refractivity contribution is 0.302. The number of hydrogen-bond donors (Lipinski definition) is 2. The highest BCUT2D eigenvalue weighted by atomic mass is 15.1. The zero-order valence-electron chi connectivity index (χ0n) is 17.3. The van der Waals surface area contributed by atoms with E-state index in [1.165, 1.54) is 29.5 Å². The van der Waals surface area contributed by atoms with E-state index in [2.05, 4.69) is 64.8 Å². The molecule has 0 amide bonds. The van der Waals surface area contributed by atoms with Crippen molar-refractivity contribution >= 4 is 5.95 Å². The number of anilines is 1. The number of nitrogens with one attached hydrogen (secondary N) is 2. The molecule has 0 bridgehead atoms. The zero-order chi connectivity index (χ0) is 19.4. The van der Waals surface area contributed by atoms with Crippen LogP contribution in [0.5, 0.6) is 0 Å². The van der Waals surface area contributed by atoms with Crippen LogP contribution in [0.25, 0.3) is 11.3 Å². The van der Waals surface area contributed by atoms with E-state index in [4.69, 9.17) is 4.98 Å². The third-order valence-electron chi connectivity index (χ3n) is 6.54. The van der Waals surface area contributed by atoms with Crippen LogP contribution < -0.4 is 10.6 Å². The Kier molecular flexibility index (Phi) is 5.93. The Labute approximate surface area is 169 Å². The summed E-state index contributed by atoms with van der Waals surface area (Å²) < 4.78 is 0. The van der Waals surface area contributed by atoms with E-state index in [9.17, 15) is 0 Å². The largest absolute Gasteiger partial charge is 0.354 e. The van der Waals surface area contributed by atoms with Gasteiger partial charge in [-0.05, 0) is 69.5 Å². The molecular weight excluding hydrogens is 346 g/mol. The van der Waals surface area contributed by atoms with Crippen molar-refractivity contribution in [3.63, 3.8) is 0 Å². The van der Waals surface area contributed by atoms with Gasteiger partial charge in [0.05, 0.1) is 5.69 Å². The molecule has 1 aromatic carbocycles. The predicted octanol–water partition coefficient (Wildman–Crippen LogP) is 3.46. The second-order valence-corrected chi connectivity index (χ2v) is 8.13. The van der Waals surface area contributed by atoms with Crippen LogP contribution in [-0.2, 0) is 11.8 Å². The molecule has 1 aromatic heterocycles. The molecule has 2 aromatic rings. The lowest BCUT2D eigenvalue weighted by Gasteiger charge is -2.42. The van der Waals surface area contributed by atoms with E-state index >= 15 is 0 Å². The molecule has 4 rings (SSSR count). The molecule has 2 heterocycles. The molecule has 28 heavy (non-hydrogen) atoms. The Bertz CT molecular complexity index is 793. The molecule has 1 fully saturated rings. The highest BCUT2D eigenvalue weighted by molar-refractivity contribution is 5.72. The maximum Gasteiger partial charge on any atom is 0.223 e. The molecule has 0 atom stereocenters. The Balaban J connectivity index is 1.52. The Morgan fingerprint density at radius 1 is 1.14 bits per heavy atom. The summed E-state index contributed by atoms with van der Waals surface area (Å²) in [4.78, 5) is 12.0. The Hall–Kier alpha value is -1.98. The summed E-state index contributed by atoms with van der Waals surface area (Å²) in [5.41, 5.74) is 5.46. The van der Waals surface area contributed by atoms with Gasteiger partial charge in [-0.3, -0.25) is 0 Å². The number of benzene rings is 1. The first kappa shape index (κ1) is 19.3. The standard InChI is InChI=1S/C23H33N5/c1-3-28(4-2)15-7-12-25-22-26-17-18-16-23(10-13-24-14-11-23)20-9-6-5-8-19(20)21(18)27-22/h5-6,8-9,17,24H,3-4,7,10-16H2,1-2H3,(H,25,26,27). The third-order valence-corrected chi connectivity index (χ3v) is 6.54. The quantitative estimate of drug-likeness (QED) is 0.722. The summed E-state index contributed by atoms with van der Waals surface area (Å²) in [6.07, 6.45) is 6.61. The second kappa shape index (κ2) is 8.58. The fourth-order valence-electron chi connectivity index (χ4n) is 4.86. The molecule has 0 unspecified atom stereocenters. The van der Waals surface area contributed by atoms with Gasteiger partial charge in [0.25, 0.3) is 0 Å². The SMILES string of the molecule is CCN(CC)CCCNc1ncc2c(n1)-c1ccccc1C1(CCNCC1)C2. The minimum Gasteiger partial charge on any atom is -0.354 e. The number of aromatic nitrogens is 2. The van der Waals surface area contributed by atoms with Gasteiger partial charge in [-0.1, -0.05) is 38.1 Å². The molecule has 1 aliphatic carbocycles.